The van der Waals surface area contributed by atoms with Gasteiger partial charge in [-0.1, -0.05) is 40.6 Å². The molecule has 0 radical (unpaired) electrons. The zero-order valence-corrected chi connectivity index (χ0v) is 11.2. The van der Waals surface area contributed by atoms with Crippen molar-refractivity contribution in [2.75, 3.05) is 0 Å². The molecule has 0 saturated carbocycles. The van der Waals surface area contributed by atoms with Gasteiger partial charge in [0.15, 0.2) is 5.69 Å². The van der Waals surface area contributed by atoms with Crippen molar-refractivity contribution in [1.82, 2.24) is 10.3 Å². The van der Waals surface area contributed by atoms with Gasteiger partial charge in [-0.2, -0.15) is 4.74 Å². The van der Waals surface area contributed by atoms with Crippen LogP contribution in [0.3, 0.4) is 0 Å². The van der Waals surface area contributed by atoms with E-state index in [4.69, 9.17) is 10.4 Å². The van der Waals surface area contributed by atoms with Crippen LogP contribution in [-0.4, -0.2) is 25.9 Å². The molecule has 3 N–H and O–H groups in total. The zero-order chi connectivity index (χ0) is 14.7. The summed E-state index contributed by atoms with van der Waals surface area (Å²) in [5.74, 6) is 0. The van der Waals surface area contributed by atoms with Crippen molar-refractivity contribution in [3.8, 4) is 0 Å². The first kappa shape index (κ1) is 12.5. The van der Waals surface area contributed by atoms with Gasteiger partial charge in [-0.15, -0.1) is 0 Å². The van der Waals surface area contributed by atoms with Crippen LogP contribution >= 0.6 is 0 Å². The number of hydrogen-bond acceptors (Lipinski definition) is 6. The molecule has 1 aliphatic heterocycles. The maximum atomic E-state index is 12.7. The van der Waals surface area contributed by atoms with Crippen molar-refractivity contribution in [2.45, 2.75) is 30.5 Å². The molecule has 0 unspecified atom stereocenters. The summed E-state index contributed by atoms with van der Waals surface area (Å²) in [5.41, 5.74) is 5.43. The van der Waals surface area contributed by atoms with Crippen LogP contribution in [0.25, 0.3) is 0 Å². The molecule has 108 valence electrons. The van der Waals surface area contributed by atoms with Gasteiger partial charge in [0.1, 0.15) is 5.69 Å². The van der Waals surface area contributed by atoms with Crippen molar-refractivity contribution < 1.29 is 14.5 Å². The number of aromatic nitrogens is 2. The predicted octanol–water partition coefficient (Wildman–Crippen LogP) is 0.370. The molecule has 7 heteroatoms. The number of benzene rings is 1. The lowest BCUT2D eigenvalue weighted by molar-refractivity contribution is -0.550. The molecule has 7 nitrogen and oxygen atoms in total. The highest BCUT2D eigenvalue weighted by atomic mass is 16.6. The second-order valence-corrected chi connectivity index (χ2v) is 5.63. The van der Waals surface area contributed by atoms with E-state index in [1.807, 2.05) is 18.2 Å². The molecule has 2 heterocycles. The molecule has 1 aromatic heterocycles. The summed E-state index contributed by atoms with van der Waals surface area (Å²) in [4.78, 5) is 0. The van der Waals surface area contributed by atoms with E-state index in [-0.39, 0.29) is 6.42 Å². The first-order chi connectivity index (χ1) is 10.1. The molecule has 0 bridgehead atoms. The van der Waals surface area contributed by atoms with Crippen LogP contribution in [0.2, 0.25) is 0 Å². The van der Waals surface area contributed by atoms with Crippen LogP contribution in [0.1, 0.15) is 29.8 Å². The fraction of sp³-hybridized carbons (Fsp3) is 0.357. The van der Waals surface area contributed by atoms with Crippen molar-refractivity contribution in [2.24, 2.45) is 5.73 Å². The molecule has 4 rings (SSSR count). The van der Waals surface area contributed by atoms with Crippen molar-refractivity contribution in [1.29, 1.82) is 0 Å². The summed E-state index contributed by atoms with van der Waals surface area (Å²) in [5, 5.41) is 31.3. The van der Waals surface area contributed by atoms with Gasteiger partial charge in [-0.3, -0.25) is 5.73 Å². The van der Waals surface area contributed by atoms with E-state index in [2.05, 4.69) is 10.3 Å². The van der Waals surface area contributed by atoms with Crippen molar-refractivity contribution >= 4 is 5.71 Å². The molecule has 21 heavy (non-hydrogen) atoms. The Morgan fingerprint density at radius 3 is 2.76 bits per heavy atom. The Labute approximate surface area is 120 Å². The van der Waals surface area contributed by atoms with Gasteiger partial charge in [0.25, 0.3) is 5.66 Å². The Kier molecular flexibility index (Phi) is 2.32. The fourth-order valence-corrected chi connectivity index (χ4v) is 3.37. The van der Waals surface area contributed by atoms with Crippen LogP contribution in [0.15, 0.2) is 35.0 Å². The van der Waals surface area contributed by atoms with Gasteiger partial charge >= 0.3 is 0 Å². The second kappa shape index (κ2) is 3.90. The number of aliphatic hydroxyl groups is 1. The molecule has 1 aliphatic carbocycles. The number of aryl methyl sites for hydroxylation is 1. The van der Waals surface area contributed by atoms with Crippen molar-refractivity contribution in [3.05, 3.63) is 52.5 Å². The molecule has 2 aromatic rings. The highest BCUT2D eigenvalue weighted by Crippen LogP contribution is 2.45. The molecule has 0 saturated heterocycles. The molecule has 2 aliphatic rings. The molecule has 1 aromatic carbocycles. The van der Waals surface area contributed by atoms with Crippen LogP contribution in [0, 0.1) is 5.21 Å². The van der Waals surface area contributed by atoms with Gasteiger partial charge in [-0.05, 0) is 0 Å². The van der Waals surface area contributed by atoms with Gasteiger partial charge in [-0.25, -0.2) is 4.63 Å². The third kappa shape index (κ3) is 1.47. The Morgan fingerprint density at radius 1 is 1.24 bits per heavy atom. The summed E-state index contributed by atoms with van der Waals surface area (Å²) < 4.78 is 5.45. The first-order valence-corrected chi connectivity index (χ1v) is 6.78. The van der Waals surface area contributed by atoms with E-state index in [1.165, 1.54) is 0 Å². The summed E-state index contributed by atoms with van der Waals surface area (Å²) in [6, 6.07) is 9.06. The minimum atomic E-state index is -1.50. The van der Waals surface area contributed by atoms with Gasteiger partial charge in [0.2, 0.25) is 11.3 Å². The fourth-order valence-electron chi connectivity index (χ4n) is 3.37. The standard InChI is InChI=1S/C14H14N4O3/c15-14(9-4-2-1-3-5-9)8-13(19)11(18(14)20)7-6-10-12(13)17-21-16-10/h1-5,19H,6-8,15H2/t13-,14-/m1/s1. The van der Waals surface area contributed by atoms with E-state index >= 15 is 0 Å². The topological polar surface area (TPSA) is 111 Å². The average Bonchev–Trinajstić information content (AvgIpc) is 3.04. The third-order valence-electron chi connectivity index (χ3n) is 4.43. The van der Waals surface area contributed by atoms with Crippen LogP contribution in [0.5, 0.6) is 0 Å². The number of nitrogens with zero attached hydrogens (tertiary/aromatic N) is 3. The number of hydroxylamine groups is 1. The molecule has 0 spiro atoms. The molecular formula is C14H14N4O3. The normalized spacial score (nSPS) is 31.1. The average molecular weight is 286 g/mol. The number of nitrogens with two attached hydrogens (primary N) is 1. The lowest BCUT2D eigenvalue weighted by Gasteiger charge is -2.25. The maximum Gasteiger partial charge on any atom is 0.254 e. The van der Waals surface area contributed by atoms with E-state index in [0.717, 1.165) is 4.74 Å². The monoisotopic (exact) mass is 286 g/mol. The highest BCUT2D eigenvalue weighted by Gasteiger charge is 2.62. The molecular weight excluding hydrogens is 272 g/mol. The smallest absolute Gasteiger partial charge is 0.254 e. The van der Waals surface area contributed by atoms with Gasteiger partial charge in [0, 0.05) is 18.4 Å². The first-order valence-electron chi connectivity index (χ1n) is 6.78. The van der Waals surface area contributed by atoms with E-state index in [9.17, 15) is 10.3 Å². The van der Waals surface area contributed by atoms with Crippen LogP contribution in [-0.2, 0) is 17.7 Å². The van der Waals surface area contributed by atoms with E-state index in [0.29, 0.717) is 35.5 Å². The van der Waals surface area contributed by atoms with Gasteiger partial charge < -0.3 is 10.3 Å². The van der Waals surface area contributed by atoms with E-state index in [1.54, 1.807) is 12.1 Å². The largest absolute Gasteiger partial charge is 0.622 e. The number of hydrogen-bond donors (Lipinski definition) is 2. The Bertz CT molecular complexity index is 742. The Morgan fingerprint density at radius 2 is 2.00 bits per heavy atom. The van der Waals surface area contributed by atoms with Crippen LogP contribution < -0.4 is 5.73 Å². The maximum absolute atomic E-state index is 12.7. The second-order valence-electron chi connectivity index (χ2n) is 5.63. The number of fused-ring (bicyclic) bond motifs is 3. The predicted molar refractivity (Wildman–Crippen MR) is 72.1 cm³/mol. The third-order valence-corrected chi connectivity index (χ3v) is 4.43. The summed E-state index contributed by atoms with van der Waals surface area (Å²) in [6.45, 7) is 0. The van der Waals surface area contributed by atoms with Crippen molar-refractivity contribution in [3.63, 3.8) is 0 Å². The SMILES string of the molecule is N[C@]1(c2ccccc2)C[C@@]2(O)C(=[N+]1[O-])CCc1nonc12. The zero-order valence-electron chi connectivity index (χ0n) is 11.2. The summed E-state index contributed by atoms with van der Waals surface area (Å²) in [6.07, 6.45) is 0.942. The number of rotatable bonds is 1. The molecule has 0 fully saturated rings. The summed E-state index contributed by atoms with van der Waals surface area (Å²) in [7, 11) is 0. The van der Waals surface area contributed by atoms with Crippen LogP contribution in [0.4, 0.5) is 0 Å². The summed E-state index contributed by atoms with van der Waals surface area (Å²) >= 11 is 0. The van der Waals surface area contributed by atoms with Gasteiger partial charge in [0.05, 0.1) is 6.42 Å². The lowest BCUT2D eigenvalue weighted by Crippen LogP contribution is -2.44. The lowest BCUT2D eigenvalue weighted by atomic mass is 9.80. The minimum Gasteiger partial charge on any atom is -0.622 e. The highest BCUT2D eigenvalue weighted by molar-refractivity contribution is 5.92. The molecule has 2 atom stereocenters. The molecule has 0 amide bonds. The Balaban J connectivity index is 1.90. The Hall–Kier alpha value is -2.25. The minimum absolute atomic E-state index is 0.0318. The van der Waals surface area contributed by atoms with E-state index < -0.39 is 11.3 Å². The quantitative estimate of drug-likeness (QED) is 0.578.